The van der Waals surface area contributed by atoms with Crippen molar-refractivity contribution < 1.29 is 8.42 Å². The molecule has 2 aliphatic rings. The van der Waals surface area contributed by atoms with Crippen molar-refractivity contribution in [3.63, 3.8) is 0 Å². The van der Waals surface area contributed by atoms with Gasteiger partial charge in [0.1, 0.15) is 0 Å². The van der Waals surface area contributed by atoms with Crippen LogP contribution >= 0.6 is 0 Å². The first-order valence-corrected chi connectivity index (χ1v) is 20.4. The van der Waals surface area contributed by atoms with Gasteiger partial charge in [-0.1, -0.05) is 88.4 Å². The first-order chi connectivity index (χ1) is 25.6. The lowest BCUT2D eigenvalue weighted by Crippen LogP contribution is -2.46. The molecule has 8 heteroatoms. The van der Waals surface area contributed by atoms with E-state index in [2.05, 4.69) is 72.8 Å². The Morgan fingerprint density at radius 1 is 0.717 bits per heavy atom. The number of benzene rings is 2. The van der Waals surface area contributed by atoms with Crippen LogP contribution in [0.4, 0.5) is 0 Å². The Morgan fingerprint density at radius 2 is 1.28 bits per heavy atom. The van der Waals surface area contributed by atoms with Gasteiger partial charge in [0.2, 0.25) is 10.0 Å². The maximum Gasteiger partial charge on any atom is 0.215 e. The van der Waals surface area contributed by atoms with Crippen molar-refractivity contribution in [3.05, 3.63) is 120 Å². The number of aromatic nitrogens is 2. The van der Waals surface area contributed by atoms with E-state index in [1.165, 1.54) is 0 Å². The van der Waals surface area contributed by atoms with E-state index in [9.17, 15) is 18.9 Å². The number of hydrogen-bond acceptors (Lipinski definition) is 6. The lowest BCUT2D eigenvalue weighted by Gasteiger charge is -2.40. The Kier molecular flexibility index (Phi) is 12.0. The van der Waals surface area contributed by atoms with E-state index in [1.54, 1.807) is 12.3 Å². The van der Waals surface area contributed by atoms with Gasteiger partial charge < -0.3 is 0 Å². The largest absolute Gasteiger partial charge is 0.256 e. The molecule has 2 aromatic heterocycles. The van der Waals surface area contributed by atoms with Gasteiger partial charge in [-0.25, -0.2) is 13.1 Å². The van der Waals surface area contributed by atoms with Gasteiger partial charge in [-0.15, -0.1) is 0 Å². The SMILES string of the molecule is C[C@H]1[C@H](/C=C/c2ccc(-c3ccccc3C#N)cn2)[C@@H](S(=O)(=O)NCC2C[C@@H](/C=C/c3ccc(-c4ccccc4C#N)cn3)[C@H](C)[C@@H](C)C2)CC[C@@H]1C. The van der Waals surface area contributed by atoms with Gasteiger partial charge in [0.15, 0.2) is 0 Å². The molecule has 4 aromatic rings. The van der Waals surface area contributed by atoms with Crippen molar-refractivity contribution >= 4 is 22.2 Å². The molecule has 7 nitrogen and oxygen atoms in total. The van der Waals surface area contributed by atoms with Crippen LogP contribution in [-0.2, 0) is 10.0 Å². The van der Waals surface area contributed by atoms with Crippen molar-refractivity contribution in [1.29, 1.82) is 10.5 Å². The van der Waals surface area contributed by atoms with E-state index in [0.29, 0.717) is 47.8 Å². The zero-order valence-electron chi connectivity index (χ0n) is 31.1. The molecule has 0 radical (unpaired) electrons. The summed E-state index contributed by atoms with van der Waals surface area (Å²) in [5.41, 5.74) is 6.36. The van der Waals surface area contributed by atoms with E-state index in [4.69, 9.17) is 0 Å². The first-order valence-electron chi connectivity index (χ1n) is 18.8. The Hall–Kier alpha value is -4.89. The zero-order chi connectivity index (χ0) is 37.5. The molecule has 0 spiro atoms. The standard InChI is InChI=1S/C45H49N5O2S/c1-30-13-22-45(42(33(30)4)21-20-41-19-16-39(29-49-41)44-12-8-6-10-37(44)26-47)53(51,52)50-27-34-23-31(2)32(3)35(24-34)14-17-40-18-15-38(28-48-40)43-11-7-5-9-36(43)25-46/h5-12,14-21,28-35,42,45,50H,13,22-24,27H2,1-4H3/b17-14+,21-20+/t30-,31-,32+,33+,34?,35+,42-,45-/m0/s1. The van der Waals surface area contributed by atoms with E-state index < -0.39 is 15.3 Å². The fourth-order valence-electron chi connectivity index (χ4n) is 8.30. The molecule has 2 heterocycles. The molecule has 0 aliphatic heterocycles. The van der Waals surface area contributed by atoms with Crippen LogP contribution in [0.3, 0.4) is 0 Å². The zero-order valence-corrected chi connectivity index (χ0v) is 31.9. The molecule has 0 bridgehead atoms. The minimum atomic E-state index is -3.58. The van der Waals surface area contributed by atoms with Crippen LogP contribution in [-0.4, -0.2) is 30.2 Å². The molecule has 272 valence electrons. The van der Waals surface area contributed by atoms with E-state index in [1.807, 2.05) is 79.0 Å². The number of hydrogen-bond donors (Lipinski definition) is 1. The van der Waals surface area contributed by atoms with Gasteiger partial charge in [0.05, 0.1) is 39.9 Å². The first kappa shape index (κ1) is 37.9. The van der Waals surface area contributed by atoms with Crippen LogP contribution in [0.1, 0.15) is 75.9 Å². The summed E-state index contributed by atoms with van der Waals surface area (Å²) in [6, 6.07) is 27.4. The third-order valence-electron chi connectivity index (χ3n) is 12.0. The summed E-state index contributed by atoms with van der Waals surface area (Å²) in [6.07, 6.45) is 15.4. The summed E-state index contributed by atoms with van der Waals surface area (Å²) in [6.45, 7) is 9.41. The van der Waals surface area contributed by atoms with Crippen molar-refractivity contribution in [2.75, 3.05) is 6.54 Å². The Labute approximate surface area is 315 Å². The second-order valence-corrected chi connectivity index (χ2v) is 17.2. The monoisotopic (exact) mass is 723 g/mol. The number of nitrogens with one attached hydrogen (secondary N) is 1. The van der Waals surface area contributed by atoms with Crippen LogP contribution in [0.5, 0.6) is 0 Å². The summed E-state index contributed by atoms with van der Waals surface area (Å²) in [7, 11) is -3.58. The van der Waals surface area contributed by atoms with Crippen molar-refractivity contribution in [1.82, 2.24) is 14.7 Å². The quantitative estimate of drug-likeness (QED) is 0.174. The highest BCUT2D eigenvalue weighted by atomic mass is 32.2. The summed E-state index contributed by atoms with van der Waals surface area (Å²) in [4.78, 5) is 9.31. The molecule has 2 saturated carbocycles. The molecular formula is C45H49N5O2S. The molecule has 2 aliphatic carbocycles. The molecule has 1 unspecified atom stereocenters. The molecule has 0 saturated heterocycles. The van der Waals surface area contributed by atoms with Crippen molar-refractivity contribution in [2.45, 2.75) is 58.6 Å². The number of rotatable bonds is 10. The second kappa shape index (κ2) is 16.8. The highest BCUT2D eigenvalue weighted by molar-refractivity contribution is 7.90. The number of allylic oxidation sites excluding steroid dienone is 2. The van der Waals surface area contributed by atoms with E-state index >= 15 is 0 Å². The fourth-order valence-corrected chi connectivity index (χ4v) is 10.2. The molecule has 1 N–H and O–H groups in total. The molecule has 2 aromatic carbocycles. The minimum Gasteiger partial charge on any atom is -0.256 e. The fraction of sp³-hybridized carbons (Fsp3) is 0.378. The second-order valence-electron chi connectivity index (χ2n) is 15.2. The average molecular weight is 724 g/mol. The topological polar surface area (TPSA) is 120 Å². The maximum atomic E-state index is 14.0. The van der Waals surface area contributed by atoms with Crippen LogP contribution in [0.25, 0.3) is 34.4 Å². The van der Waals surface area contributed by atoms with E-state index in [0.717, 1.165) is 52.9 Å². The van der Waals surface area contributed by atoms with Crippen LogP contribution in [0, 0.1) is 64.1 Å². The van der Waals surface area contributed by atoms with Crippen LogP contribution < -0.4 is 4.72 Å². The normalized spacial score (nSPS) is 26.3. The van der Waals surface area contributed by atoms with Gasteiger partial charge in [0, 0.05) is 41.2 Å². The molecule has 2 fully saturated rings. The van der Waals surface area contributed by atoms with Gasteiger partial charge in [-0.2, -0.15) is 10.5 Å². The molecule has 8 atom stereocenters. The summed E-state index contributed by atoms with van der Waals surface area (Å²) in [5, 5.41) is 18.5. The molecular weight excluding hydrogens is 675 g/mol. The van der Waals surface area contributed by atoms with Crippen LogP contribution in [0.15, 0.2) is 97.3 Å². The maximum absolute atomic E-state index is 14.0. The van der Waals surface area contributed by atoms with Gasteiger partial charge in [0.25, 0.3) is 0 Å². The van der Waals surface area contributed by atoms with Crippen molar-refractivity contribution in [2.24, 2.45) is 41.4 Å². The predicted octanol–water partition coefficient (Wildman–Crippen LogP) is 9.55. The third kappa shape index (κ3) is 8.84. The minimum absolute atomic E-state index is 0.134. The highest BCUT2D eigenvalue weighted by Gasteiger charge is 2.41. The summed E-state index contributed by atoms with van der Waals surface area (Å²) in [5.74, 6) is 1.98. The van der Waals surface area contributed by atoms with Gasteiger partial charge in [-0.3, -0.25) is 9.97 Å². The molecule has 0 amide bonds. The summed E-state index contributed by atoms with van der Waals surface area (Å²) < 4.78 is 31.2. The van der Waals surface area contributed by atoms with Crippen LogP contribution in [0.2, 0.25) is 0 Å². The lowest BCUT2D eigenvalue weighted by atomic mass is 9.69. The molecule has 53 heavy (non-hydrogen) atoms. The predicted molar refractivity (Wildman–Crippen MR) is 213 cm³/mol. The highest BCUT2D eigenvalue weighted by Crippen LogP contribution is 2.41. The number of pyridine rings is 2. The third-order valence-corrected chi connectivity index (χ3v) is 13.9. The van der Waals surface area contributed by atoms with E-state index in [-0.39, 0.29) is 17.8 Å². The smallest absolute Gasteiger partial charge is 0.215 e. The summed E-state index contributed by atoms with van der Waals surface area (Å²) >= 11 is 0. The Morgan fingerprint density at radius 3 is 1.83 bits per heavy atom. The lowest BCUT2D eigenvalue weighted by molar-refractivity contribution is 0.161. The van der Waals surface area contributed by atoms with Gasteiger partial charge >= 0.3 is 0 Å². The Balaban J connectivity index is 1.10. The number of nitriles is 2. The number of nitrogens with zero attached hydrogens (tertiary/aromatic N) is 4. The Bertz CT molecular complexity index is 2130. The number of sulfonamides is 1. The van der Waals surface area contributed by atoms with Crippen molar-refractivity contribution in [3.8, 4) is 34.4 Å². The molecule has 6 rings (SSSR count). The average Bonchev–Trinajstić information content (AvgIpc) is 3.18. The van der Waals surface area contributed by atoms with Gasteiger partial charge in [-0.05, 0) is 104 Å².